The molecule has 2 aliphatic rings. The van der Waals surface area contributed by atoms with Gasteiger partial charge in [0, 0.05) is 43.2 Å². The number of carbonyl (C=O) groups excluding carboxylic acids is 1. The molecule has 5 heterocycles. The van der Waals surface area contributed by atoms with Crippen LogP contribution in [0.15, 0.2) is 34.2 Å². The van der Waals surface area contributed by atoms with Gasteiger partial charge in [-0.2, -0.15) is 18.2 Å². The first kappa shape index (κ1) is 31.2. The average Bonchev–Trinajstić information content (AvgIpc) is 3.80. The zero-order valence-electron chi connectivity index (χ0n) is 24.8. The normalized spacial score (nSPS) is 21.1. The molecule has 3 aromatic heterocycles. The maximum atomic E-state index is 14.8. The molecule has 0 saturated carbocycles. The second-order valence-electron chi connectivity index (χ2n) is 11.4. The summed E-state index contributed by atoms with van der Waals surface area (Å²) in [5.41, 5.74) is 1.13. The summed E-state index contributed by atoms with van der Waals surface area (Å²) in [6, 6.07) is 6.20. The first-order chi connectivity index (χ1) is 21.6. The minimum atomic E-state index is -4.53. The van der Waals surface area contributed by atoms with Crippen molar-refractivity contribution in [2.24, 2.45) is 0 Å². The first-order valence-electron chi connectivity index (χ1n) is 14.7. The summed E-state index contributed by atoms with van der Waals surface area (Å²) >= 11 is 1.37. The van der Waals surface area contributed by atoms with Gasteiger partial charge in [-0.1, -0.05) is 11.2 Å². The molecule has 0 bridgehead atoms. The predicted octanol–water partition coefficient (Wildman–Crippen LogP) is 4.71. The van der Waals surface area contributed by atoms with Crippen LogP contribution < -0.4 is 15.5 Å². The number of alkyl halides is 4. The van der Waals surface area contributed by atoms with Crippen molar-refractivity contribution in [3.63, 3.8) is 0 Å². The maximum Gasteiger partial charge on any atom is 0.406 e. The summed E-state index contributed by atoms with van der Waals surface area (Å²) < 4.78 is 67.6. The number of thiazole rings is 1. The molecule has 2 aliphatic heterocycles. The number of ether oxygens (including phenoxy) is 1. The lowest BCUT2D eigenvalue weighted by Crippen LogP contribution is -2.46. The van der Waals surface area contributed by atoms with E-state index in [1.54, 1.807) is 36.8 Å². The van der Waals surface area contributed by atoms with E-state index in [4.69, 9.17) is 9.26 Å². The van der Waals surface area contributed by atoms with E-state index in [9.17, 15) is 22.4 Å². The lowest BCUT2D eigenvalue weighted by atomic mass is 10.0. The van der Waals surface area contributed by atoms with Crippen LogP contribution >= 0.6 is 11.3 Å². The second-order valence-corrected chi connectivity index (χ2v) is 12.3. The molecule has 1 amide bonds. The van der Waals surface area contributed by atoms with Gasteiger partial charge < -0.3 is 34.3 Å². The third-order valence-electron chi connectivity index (χ3n) is 8.17. The molecular weight excluding hydrogens is 616 g/mol. The number of hydrogen-bond donors (Lipinski definition) is 2. The summed E-state index contributed by atoms with van der Waals surface area (Å²) in [5, 5.41) is 12.7. The number of piperidine rings is 1. The van der Waals surface area contributed by atoms with Gasteiger partial charge in [-0.3, -0.25) is 4.79 Å². The molecule has 0 spiro atoms. The fourth-order valence-corrected chi connectivity index (χ4v) is 6.90. The molecule has 2 saturated heterocycles. The van der Waals surface area contributed by atoms with E-state index in [0.717, 1.165) is 29.1 Å². The summed E-state index contributed by atoms with van der Waals surface area (Å²) in [5.74, 6) is -0.494. The Balaban J connectivity index is 1.19. The topological polar surface area (TPSA) is 114 Å². The molecule has 45 heavy (non-hydrogen) atoms. The van der Waals surface area contributed by atoms with Crippen LogP contribution in [0.4, 0.5) is 28.4 Å². The van der Waals surface area contributed by atoms with E-state index in [-0.39, 0.29) is 42.2 Å². The lowest BCUT2D eigenvalue weighted by molar-refractivity contribution is -0.139. The van der Waals surface area contributed by atoms with Crippen molar-refractivity contribution in [3.05, 3.63) is 41.2 Å². The quantitative estimate of drug-likeness (QED) is 0.236. The lowest BCUT2D eigenvalue weighted by Gasteiger charge is -2.33. The highest BCUT2D eigenvalue weighted by Gasteiger charge is 2.33. The number of rotatable bonds is 10. The molecule has 0 radical (unpaired) electrons. The minimum absolute atomic E-state index is 0.0160. The molecule has 2 fully saturated rings. The molecule has 3 atom stereocenters. The highest BCUT2D eigenvalue weighted by atomic mass is 32.1. The Bertz CT molecular complexity index is 1640. The largest absolute Gasteiger partial charge is 0.406 e. The number of carbonyl (C=O) groups is 1. The van der Waals surface area contributed by atoms with Crippen LogP contribution in [0.3, 0.4) is 0 Å². The fraction of sp³-hybridized carbons (Fsp3) is 0.517. The van der Waals surface area contributed by atoms with Crippen molar-refractivity contribution in [1.29, 1.82) is 0 Å². The van der Waals surface area contributed by atoms with Crippen LogP contribution in [-0.2, 0) is 17.8 Å². The summed E-state index contributed by atoms with van der Waals surface area (Å²) in [4.78, 5) is 25.7. The Morgan fingerprint density at radius 1 is 1.22 bits per heavy atom. The molecule has 16 heteroatoms. The number of fused-ring (bicyclic) bond motifs is 1. The van der Waals surface area contributed by atoms with E-state index < -0.39 is 30.8 Å². The van der Waals surface area contributed by atoms with Crippen LogP contribution in [0.25, 0.3) is 22.4 Å². The van der Waals surface area contributed by atoms with Crippen molar-refractivity contribution < 1.29 is 31.6 Å². The van der Waals surface area contributed by atoms with E-state index >= 15 is 0 Å². The first-order valence-corrected chi connectivity index (χ1v) is 15.6. The molecule has 11 nitrogen and oxygen atoms in total. The van der Waals surface area contributed by atoms with Crippen molar-refractivity contribution >= 4 is 39.0 Å². The zero-order chi connectivity index (χ0) is 31.7. The zero-order valence-corrected chi connectivity index (χ0v) is 25.6. The SMILES string of the molecule is COC[C@@H]1CCCN1c1nc(C(=O)NCc2nc(-c3cc4c(N[C@@H]5CCN(C)C[C@@H]5F)cccc4n3CC(F)(F)F)no2)cs1. The van der Waals surface area contributed by atoms with Gasteiger partial charge in [-0.15, -0.1) is 11.3 Å². The van der Waals surface area contributed by atoms with Gasteiger partial charge >= 0.3 is 6.18 Å². The van der Waals surface area contributed by atoms with Gasteiger partial charge in [0.15, 0.2) is 5.13 Å². The monoisotopic (exact) mass is 650 g/mol. The predicted molar refractivity (Wildman–Crippen MR) is 161 cm³/mol. The van der Waals surface area contributed by atoms with E-state index in [1.807, 2.05) is 11.9 Å². The molecule has 242 valence electrons. The van der Waals surface area contributed by atoms with E-state index in [0.29, 0.717) is 36.2 Å². The van der Waals surface area contributed by atoms with Gasteiger partial charge in [0.05, 0.1) is 36.4 Å². The van der Waals surface area contributed by atoms with Crippen LogP contribution in [0.5, 0.6) is 0 Å². The van der Waals surface area contributed by atoms with Crippen LogP contribution in [0.1, 0.15) is 35.6 Å². The number of methoxy groups -OCH3 is 1. The van der Waals surface area contributed by atoms with E-state index in [1.165, 1.54) is 11.3 Å². The number of aromatic nitrogens is 4. The third-order valence-corrected chi connectivity index (χ3v) is 9.05. The Labute approximate surface area is 260 Å². The fourth-order valence-electron chi connectivity index (χ4n) is 5.99. The number of benzene rings is 1. The Kier molecular flexibility index (Phi) is 8.97. The van der Waals surface area contributed by atoms with E-state index in [2.05, 4.69) is 30.7 Å². The molecule has 2 N–H and O–H groups in total. The number of anilines is 2. The Morgan fingerprint density at radius 2 is 2.07 bits per heavy atom. The van der Waals surface area contributed by atoms with Gasteiger partial charge in [0.2, 0.25) is 11.7 Å². The van der Waals surface area contributed by atoms with Gasteiger partial charge in [-0.25, -0.2) is 9.37 Å². The number of amides is 1. The standard InChI is InChI=1S/C29H34F4N8O3S/c1-39-10-8-21(19(30)13-39)35-20-6-3-7-23-18(20)11-24(41(23)16-29(31,32)33)26-37-25(44-38-26)12-34-27(42)22-15-45-28(36-22)40-9-4-5-17(40)14-43-2/h3,6-7,11,15,17,19,21,35H,4-5,8-10,12-14,16H2,1-2H3,(H,34,42)/t17-,19-,21+/m0/s1. The van der Waals surface area contributed by atoms with Crippen LogP contribution in [0.2, 0.25) is 0 Å². The smallest absolute Gasteiger partial charge is 0.383 e. The van der Waals surface area contributed by atoms with Crippen LogP contribution in [-0.4, -0.2) is 95.3 Å². The average molecular weight is 651 g/mol. The number of hydrogen-bond acceptors (Lipinski definition) is 10. The Hall–Kier alpha value is -3.76. The van der Waals surface area contributed by atoms with Gasteiger partial charge in [0.1, 0.15) is 18.4 Å². The highest BCUT2D eigenvalue weighted by molar-refractivity contribution is 7.14. The van der Waals surface area contributed by atoms with Crippen molar-refractivity contribution in [2.75, 3.05) is 50.6 Å². The third kappa shape index (κ3) is 6.92. The summed E-state index contributed by atoms with van der Waals surface area (Å²) in [6.07, 6.45) is -3.10. The molecule has 4 aromatic rings. The molecule has 6 rings (SSSR count). The summed E-state index contributed by atoms with van der Waals surface area (Å²) in [7, 11) is 3.50. The van der Waals surface area contributed by atoms with Gasteiger partial charge in [0.25, 0.3) is 5.91 Å². The van der Waals surface area contributed by atoms with Crippen molar-refractivity contribution in [2.45, 2.75) is 56.8 Å². The molecule has 1 aromatic carbocycles. The molecule has 0 unspecified atom stereocenters. The molecule has 0 aliphatic carbocycles. The number of nitrogens with one attached hydrogen (secondary N) is 2. The molecular formula is C29H34F4N8O3S. The Morgan fingerprint density at radius 3 is 2.84 bits per heavy atom. The minimum Gasteiger partial charge on any atom is -0.383 e. The van der Waals surface area contributed by atoms with Crippen molar-refractivity contribution in [3.8, 4) is 11.5 Å². The highest BCUT2D eigenvalue weighted by Crippen LogP contribution is 2.35. The number of halogens is 4. The van der Waals surface area contributed by atoms with Crippen LogP contribution in [0, 0.1) is 0 Å². The second kappa shape index (κ2) is 12.9. The van der Waals surface area contributed by atoms with Gasteiger partial charge in [-0.05, 0) is 44.5 Å². The van der Waals surface area contributed by atoms with Crippen molar-refractivity contribution in [1.82, 2.24) is 29.9 Å². The summed E-state index contributed by atoms with van der Waals surface area (Å²) in [6.45, 7) is 0.960. The maximum absolute atomic E-state index is 14.8. The number of likely N-dealkylation sites (tertiary alicyclic amines) is 1. The number of nitrogens with zero attached hydrogens (tertiary/aromatic N) is 6.